The van der Waals surface area contributed by atoms with Crippen molar-refractivity contribution in [1.82, 2.24) is 15.0 Å². The van der Waals surface area contributed by atoms with Crippen molar-refractivity contribution in [3.63, 3.8) is 0 Å². The predicted molar refractivity (Wildman–Crippen MR) is 127 cm³/mol. The number of aromatic nitrogens is 3. The molecule has 0 radical (unpaired) electrons. The van der Waals surface area contributed by atoms with Crippen LogP contribution in [-0.4, -0.2) is 33.9 Å². The second kappa shape index (κ2) is 8.58. The number of hydrogen-bond acceptors (Lipinski definition) is 5. The van der Waals surface area contributed by atoms with Gasteiger partial charge in [0.05, 0.1) is 18.0 Å². The first-order valence-electron chi connectivity index (χ1n) is 12.9. The molecule has 1 aromatic heterocycles. The van der Waals surface area contributed by atoms with E-state index in [1.54, 1.807) is 5.57 Å². The molecule has 0 amide bonds. The minimum absolute atomic E-state index is 0.425. The van der Waals surface area contributed by atoms with Gasteiger partial charge in [-0.15, -0.1) is 5.10 Å². The lowest BCUT2D eigenvalue weighted by Crippen LogP contribution is -2.52. The highest BCUT2D eigenvalue weighted by Gasteiger charge is 2.58. The Morgan fingerprint density at radius 2 is 2.06 bits per heavy atom. The molecule has 0 bridgehead atoms. The van der Waals surface area contributed by atoms with Crippen LogP contribution in [0.15, 0.2) is 23.5 Å². The summed E-state index contributed by atoms with van der Waals surface area (Å²) in [7, 11) is 0. The van der Waals surface area contributed by atoms with Crippen LogP contribution in [-0.2, 0) is 17.8 Å². The SMILES string of the molecule is C=C1CCC2C3CCC4CC(=NOCCn5cc(CCN)nn5)CC[C@]4(C)C3CC[C@]12C. The molecule has 4 fully saturated rings. The Morgan fingerprint density at radius 1 is 1.19 bits per heavy atom. The summed E-state index contributed by atoms with van der Waals surface area (Å²) >= 11 is 0. The van der Waals surface area contributed by atoms with E-state index in [4.69, 9.17) is 10.6 Å². The maximum absolute atomic E-state index is 5.71. The van der Waals surface area contributed by atoms with E-state index in [-0.39, 0.29) is 0 Å². The lowest BCUT2D eigenvalue weighted by Gasteiger charge is -2.60. The molecular weight excluding hydrogens is 398 g/mol. The number of rotatable bonds is 6. The Hall–Kier alpha value is -1.69. The molecule has 0 aromatic carbocycles. The molecule has 4 unspecified atom stereocenters. The number of nitrogens with zero attached hydrogens (tertiary/aromatic N) is 4. The highest BCUT2D eigenvalue weighted by molar-refractivity contribution is 5.85. The number of fused-ring (bicyclic) bond motifs is 5. The van der Waals surface area contributed by atoms with Gasteiger partial charge in [-0.3, -0.25) is 0 Å². The van der Waals surface area contributed by atoms with Gasteiger partial charge < -0.3 is 10.6 Å². The van der Waals surface area contributed by atoms with Crippen LogP contribution in [0, 0.1) is 34.5 Å². The summed E-state index contributed by atoms with van der Waals surface area (Å²) in [5.41, 5.74) is 10.2. The van der Waals surface area contributed by atoms with Gasteiger partial charge in [-0.2, -0.15) is 0 Å². The summed E-state index contributed by atoms with van der Waals surface area (Å²) in [5, 5.41) is 12.8. The summed E-state index contributed by atoms with van der Waals surface area (Å²) < 4.78 is 1.82. The largest absolute Gasteiger partial charge is 0.394 e. The van der Waals surface area contributed by atoms with E-state index in [1.165, 1.54) is 50.7 Å². The van der Waals surface area contributed by atoms with Crippen LogP contribution in [0.3, 0.4) is 0 Å². The fourth-order valence-electron chi connectivity index (χ4n) is 8.03. The molecule has 6 nitrogen and oxygen atoms in total. The van der Waals surface area contributed by atoms with Crippen molar-refractivity contribution in [2.45, 2.75) is 84.6 Å². The Bertz CT molecular complexity index is 877. The van der Waals surface area contributed by atoms with Gasteiger partial charge >= 0.3 is 0 Å². The summed E-state index contributed by atoms with van der Waals surface area (Å²) in [6.45, 7) is 11.4. The maximum atomic E-state index is 5.71. The summed E-state index contributed by atoms with van der Waals surface area (Å²) in [6.07, 6.45) is 14.4. The lowest BCUT2D eigenvalue weighted by molar-refractivity contribution is -0.0859. The summed E-state index contributed by atoms with van der Waals surface area (Å²) in [5.74, 6) is 3.45. The highest BCUT2D eigenvalue weighted by Crippen LogP contribution is 2.66. The molecule has 0 saturated heterocycles. The van der Waals surface area contributed by atoms with Gasteiger partial charge in [-0.25, -0.2) is 4.68 Å². The van der Waals surface area contributed by atoms with Crippen LogP contribution in [0.25, 0.3) is 0 Å². The maximum Gasteiger partial charge on any atom is 0.136 e. The van der Waals surface area contributed by atoms with Crippen molar-refractivity contribution in [2.75, 3.05) is 13.2 Å². The molecular formula is C26H41N5O. The lowest BCUT2D eigenvalue weighted by atomic mass is 9.45. The van der Waals surface area contributed by atoms with E-state index in [1.807, 2.05) is 10.9 Å². The molecule has 6 atom stereocenters. The molecule has 4 saturated carbocycles. The molecule has 4 aliphatic rings. The minimum atomic E-state index is 0.425. The predicted octanol–water partition coefficient (Wildman–Crippen LogP) is 4.75. The van der Waals surface area contributed by atoms with Crippen LogP contribution in [0.1, 0.15) is 77.3 Å². The van der Waals surface area contributed by atoms with E-state index in [0.29, 0.717) is 30.5 Å². The number of hydrogen-bond donors (Lipinski definition) is 1. The monoisotopic (exact) mass is 439 g/mol. The third-order valence-corrected chi connectivity index (χ3v) is 10.0. The van der Waals surface area contributed by atoms with E-state index in [0.717, 1.165) is 48.6 Å². The van der Waals surface area contributed by atoms with E-state index >= 15 is 0 Å². The Labute approximate surface area is 193 Å². The van der Waals surface area contributed by atoms with Gasteiger partial charge in [-0.1, -0.05) is 36.4 Å². The summed E-state index contributed by atoms with van der Waals surface area (Å²) in [6, 6.07) is 0. The van der Waals surface area contributed by atoms with Crippen molar-refractivity contribution < 1.29 is 4.84 Å². The molecule has 176 valence electrons. The van der Waals surface area contributed by atoms with Crippen molar-refractivity contribution in [3.8, 4) is 0 Å². The Kier molecular flexibility index (Phi) is 5.93. The van der Waals surface area contributed by atoms with Gasteiger partial charge in [0.25, 0.3) is 0 Å². The zero-order valence-corrected chi connectivity index (χ0v) is 20.1. The molecule has 1 aromatic rings. The van der Waals surface area contributed by atoms with Crippen molar-refractivity contribution in [2.24, 2.45) is 45.4 Å². The summed E-state index contributed by atoms with van der Waals surface area (Å²) in [4.78, 5) is 5.71. The van der Waals surface area contributed by atoms with Gasteiger partial charge in [0.15, 0.2) is 0 Å². The molecule has 5 rings (SSSR count). The van der Waals surface area contributed by atoms with Gasteiger partial charge in [-0.05, 0) is 98.8 Å². The second-order valence-electron chi connectivity index (χ2n) is 11.5. The fourth-order valence-corrected chi connectivity index (χ4v) is 8.03. The zero-order valence-electron chi connectivity index (χ0n) is 20.1. The zero-order chi connectivity index (χ0) is 22.3. The van der Waals surface area contributed by atoms with E-state index in [9.17, 15) is 0 Å². The quantitative estimate of drug-likeness (QED) is 0.394. The first-order valence-corrected chi connectivity index (χ1v) is 12.9. The topological polar surface area (TPSA) is 78.3 Å². The van der Waals surface area contributed by atoms with E-state index in [2.05, 4.69) is 35.9 Å². The number of allylic oxidation sites excluding steroid dienone is 1. The van der Waals surface area contributed by atoms with Gasteiger partial charge in [0.1, 0.15) is 6.61 Å². The number of oxime groups is 1. The standard InChI is InChI=1S/C26H41N5O/c1-18-4-7-23-22-6-5-19-16-20(8-11-26(19,3)24(22)9-12-25(18,23)2)29-32-15-14-31-17-21(10-13-27)28-30-31/h17,19,22-24H,1,4-16,27H2,2-3H3/t19?,22?,23?,24?,25-,26+/m1/s1. The van der Waals surface area contributed by atoms with Crippen LogP contribution in [0.5, 0.6) is 0 Å². The first-order chi connectivity index (χ1) is 15.4. The highest BCUT2D eigenvalue weighted by atomic mass is 16.6. The molecule has 6 heteroatoms. The average Bonchev–Trinajstić information content (AvgIpc) is 3.35. The third-order valence-electron chi connectivity index (χ3n) is 10.0. The van der Waals surface area contributed by atoms with Crippen LogP contribution in [0.2, 0.25) is 0 Å². The third kappa shape index (κ3) is 3.72. The average molecular weight is 440 g/mol. The van der Waals surface area contributed by atoms with Crippen molar-refractivity contribution >= 4 is 5.71 Å². The van der Waals surface area contributed by atoms with Crippen molar-refractivity contribution in [3.05, 3.63) is 24.0 Å². The Morgan fingerprint density at radius 3 is 2.91 bits per heavy atom. The number of nitrogens with two attached hydrogens (primary N) is 1. The minimum Gasteiger partial charge on any atom is -0.394 e. The Balaban J connectivity index is 1.17. The van der Waals surface area contributed by atoms with Crippen LogP contribution < -0.4 is 5.73 Å². The van der Waals surface area contributed by atoms with Crippen LogP contribution >= 0.6 is 0 Å². The molecule has 32 heavy (non-hydrogen) atoms. The van der Waals surface area contributed by atoms with Gasteiger partial charge in [0, 0.05) is 12.6 Å². The molecule has 2 N–H and O–H groups in total. The van der Waals surface area contributed by atoms with E-state index < -0.39 is 0 Å². The normalized spacial score (nSPS) is 40.1. The molecule has 0 aliphatic heterocycles. The first kappa shape index (κ1) is 22.1. The molecule has 4 aliphatic carbocycles. The van der Waals surface area contributed by atoms with Crippen LogP contribution in [0.4, 0.5) is 0 Å². The smallest absolute Gasteiger partial charge is 0.136 e. The van der Waals surface area contributed by atoms with Gasteiger partial charge in [0.2, 0.25) is 0 Å². The second-order valence-corrected chi connectivity index (χ2v) is 11.5. The molecule has 0 spiro atoms. The molecule has 1 heterocycles. The van der Waals surface area contributed by atoms with Crippen molar-refractivity contribution in [1.29, 1.82) is 0 Å². The fraction of sp³-hybridized carbons (Fsp3) is 0.808.